The van der Waals surface area contributed by atoms with Crippen LogP contribution >= 0.6 is 0 Å². The first-order chi connectivity index (χ1) is 17.9. The molecule has 8 nitrogen and oxygen atoms in total. The Hall–Kier alpha value is -4.46. The van der Waals surface area contributed by atoms with Gasteiger partial charge in [-0.05, 0) is 53.6 Å². The van der Waals surface area contributed by atoms with Crippen molar-refractivity contribution in [1.82, 2.24) is 4.90 Å². The maximum atomic E-state index is 13.4. The van der Waals surface area contributed by atoms with Gasteiger partial charge >= 0.3 is 0 Å². The third-order valence-corrected chi connectivity index (χ3v) is 6.59. The number of carbonyl (C=O) groups excluding carboxylic acids is 2. The van der Waals surface area contributed by atoms with Crippen LogP contribution in [0.3, 0.4) is 0 Å². The summed E-state index contributed by atoms with van der Waals surface area (Å²) in [5, 5.41) is 11.4. The largest absolute Gasteiger partial charge is 0.507 e. The Labute approximate surface area is 215 Å². The first kappa shape index (κ1) is 24.2. The Morgan fingerprint density at radius 1 is 0.973 bits per heavy atom. The number of benzene rings is 3. The highest BCUT2D eigenvalue weighted by atomic mass is 16.6. The quantitative estimate of drug-likeness (QED) is 0.309. The van der Waals surface area contributed by atoms with Gasteiger partial charge in [-0.2, -0.15) is 0 Å². The molecule has 2 aliphatic rings. The molecule has 3 aromatic carbocycles. The lowest BCUT2D eigenvalue weighted by atomic mass is 9.94. The maximum Gasteiger partial charge on any atom is 0.295 e. The van der Waals surface area contributed by atoms with E-state index in [4.69, 9.17) is 14.2 Å². The molecule has 5 rings (SSSR count). The minimum Gasteiger partial charge on any atom is -0.507 e. The van der Waals surface area contributed by atoms with Crippen LogP contribution in [0.5, 0.6) is 17.2 Å². The molecule has 1 atom stereocenters. The van der Waals surface area contributed by atoms with Crippen molar-refractivity contribution >= 4 is 23.1 Å². The summed E-state index contributed by atoms with van der Waals surface area (Å²) < 4.78 is 16.5. The summed E-state index contributed by atoms with van der Waals surface area (Å²) in [5.41, 5.74) is 2.94. The van der Waals surface area contributed by atoms with Crippen LogP contribution in [0.25, 0.3) is 5.76 Å². The van der Waals surface area contributed by atoms with E-state index in [1.807, 2.05) is 67.5 Å². The van der Waals surface area contributed by atoms with Crippen LogP contribution in [-0.2, 0) is 16.1 Å². The predicted octanol–water partition coefficient (Wildman–Crippen LogP) is 4.15. The zero-order valence-corrected chi connectivity index (χ0v) is 20.9. The number of aliphatic hydroxyl groups is 1. The van der Waals surface area contributed by atoms with Crippen molar-refractivity contribution in [2.75, 3.05) is 39.3 Å². The lowest BCUT2D eigenvalue weighted by molar-refractivity contribution is -0.140. The van der Waals surface area contributed by atoms with Crippen molar-refractivity contribution in [1.29, 1.82) is 0 Å². The summed E-state index contributed by atoms with van der Waals surface area (Å²) in [6.45, 7) is 1.02. The van der Waals surface area contributed by atoms with E-state index < -0.39 is 17.7 Å². The zero-order valence-electron chi connectivity index (χ0n) is 20.9. The average Bonchev–Trinajstić information content (AvgIpc) is 3.17. The molecular formula is C29H28N2O6. The number of Topliss-reactive ketones (excluding diaryl/α,β-unsaturated/α-hetero) is 1. The molecular weight excluding hydrogens is 472 g/mol. The second-order valence-corrected chi connectivity index (χ2v) is 9.12. The molecule has 1 N–H and O–H groups in total. The van der Waals surface area contributed by atoms with E-state index in [2.05, 4.69) is 0 Å². The lowest BCUT2D eigenvalue weighted by Gasteiger charge is -2.26. The second-order valence-electron chi connectivity index (χ2n) is 9.12. The number of hydrogen-bond donors (Lipinski definition) is 1. The highest BCUT2D eigenvalue weighted by Gasteiger charge is 2.46. The first-order valence-electron chi connectivity index (χ1n) is 12.0. The molecule has 0 aliphatic carbocycles. The van der Waals surface area contributed by atoms with E-state index in [-0.39, 0.29) is 17.9 Å². The molecule has 37 heavy (non-hydrogen) atoms. The van der Waals surface area contributed by atoms with Crippen molar-refractivity contribution < 1.29 is 28.9 Å². The average molecular weight is 501 g/mol. The zero-order chi connectivity index (χ0) is 26.1. The van der Waals surface area contributed by atoms with Gasteiger partial charge in [0, 0.05) is 31.9 Å². The smallest absolute Gasteiger partial charge is 0.295 e. The Balaban J connectivity index is 1.60. The maximum absolute atomic E-state index is 13.4. The van der Waals surface area contributed by atoms with Crippen LogP contribution in [0, 0.1) is 0 Å². The van der Waals surface area contributed by atoms with Crippen LogP contribution in [0.4, 0.5) is 5.69 Å². The second kappa shape index (κ2) is 9.89. The van der Waals surface area contributed by atoms with Gasteiger partial charge in [0.15, 0.2) is 11.5 Å². The van der Waals surface area contributed by atoms with Crippen LogP contribution in [0.2, 0.25) is 0 Å². The van der Waals surface area contributed by atoms with Gasteiger partial charge in [-0.1, -0.05) is 24.3 Å². The van der Waals surface area contributed by atoms with Crippen LogP contribution in [0.1, 0.15) is 22.7 Å². The molecule has 0 bridgehead atoms. The summed E-state index contributed by atoms with van der Waals surface area (Å²) in [6.07, 6.45) is 0. The summed E-state index contributed by atoms with van der Waals surface area (Å²) >= 11 is 0. The number of fused-ring (bicyclic) bond motifs is 1. The van der Waals surface area contributed by atoms with E-state index in [0.717, 1.165) is 16.8 Å². The number of methoxy groups -OCH3 is 1. The molecule has 0 aromatic heterocycles. The minimum atomic E-state index is -0.772. The van der Waals surface area contributed by atoms with Gasteiger partial charge in [-0.15, -0.1) is 0 Å². The molecule has 1 fully saturated rings. The third kappa shape index (κ3) is 4.58. The highest BCUT2D eigenvalue weighted by Crippen LogP contribution is 2.42. The summed E-state index contributed by atoms with van der Waals surface area (Å²) in [7, 11) is 5.46. The van der Waals surface area contributed by atoms with Gasteiger partial charge in [-0.25, -0.2) is 0 Å². The van der Waals surface area contributed by atoms with Crippen molar-refractivity contribution in [2.45, 2.75) is 12.6 Å². The molecule has 0 radical (unpaired) electrons. The summed E-state index contributed by atoms with van der Waals surface area (Å²) in [4.78, 5) is 30.2. The molecule has 190 valence electrons. The van der Waals surface area contributed by atoms with Gasteiger partial charge < -0.3 is 29.1 Å². The number of nitrogens with zero attached hydrogens (tertiary/aromatic N) is 2. The molecule has 3 aromatic rings. The fourth-order valence-corrected chi connectivity index (χ4v) is 4.62. The standard InChI is InChI=1S/C29H28N2O6/c1-30(2)21-9-6-19(7-10-21)26-25(27(32)20-8-13-23-24(16-20)37-15-14-36-23)28(33)29(34)31(26)17-18-4-11-22(35-3)12-5-18/h4-13,16,26,32H,14-15,17H2,1-3H3/b27-25-. The highest BCUT2D eigenvalue weighted by molar-refractivity contribution is 6.46. The van der Waals surface area contributed by atoms with E-state index >= 15 is 0 Å². The van der Waals surface area contributed by atoms with E-state index in [1.165, 1.54) is 4.90 Å². The fraction of sp³-hybridized carbons (Fsp3) is 0.241. The van der Waals surface area contributed by atoms with Crippen LogP contribution in [-0.4, -0.2) is 56.1 Å². The lowest BCUT2D eigenvalue weighted by Crippen LogP contribution is -2.29. The van der Waals surface area contributed by atoms with Gasteiger partial charge in [0.25, 0.3) is 11.7 Å². The topological polar surface area (TPSA) is 88.5 Å². The monoisotopic (exact) mass is 500 g/mol. The van der Waals surface area contributed by atoms with Crippen molar-refractivity contribution in [3.8, 4) is 17.2 Å². The number of amides is 1. The SMILES string of the molecule is COc1ccc(CN2C(=O)C(=O)/C(=C(\O)c3ccc4c(c3)OCCO4)C2c2ccc(N(C)C)cc2)cc1. The Morgan fingerprint density at radius 3 is 2.30 bits per heavy atom. The van der Waals surface area contributed by atoms with Gasteiger partial charge in [0.2, 0.25) is 0 Å². The minimum absolute atomic E-state index is 0.0350. The molecule has 0 saturated carbocycles. The number of likely N-dealkylation sites (tertiary alicyclic amines) is 1. The third-order valence-electron chi connectivity index (χ3n) is 6.59. The number of ketones is 1. The van der Waals surface area contributed by atoms with Gasteiger partial charge in [0.1, 0.15) is 24.7 Å². The summed E-state index contributed by atoms with van der Waals surface area (Å²) in [5.74, 6) is 0.0851. The predicted molar refractivity (Wildman–Crippen MR) is 139 cm³/mol. The molecule has 2 aliphatic heterocycles. The number of rotatable bonds is 6. The molecule has 8 heteroatoms. The number of anilines is 1. The number of carbonyl (C=O) groups is 2. The fourth-order valence-electron chi connectivity index (χ4n) is 4.62. The van der Waals surface area contributed by atoms with E-state index in [0.29, 0.717) is 36.0 Å². The van der Waals surface area contributed by atoms with Gasteiger partial charge in [-0.3, -0.25) is 9.59 Å². The number of hydrogen-bond acceptors (Lipinski definition) is 7. The molecule has 1 saturated heterocycles. The number of aliphatic hydroxyl groups excluding tert-OH is 1. The van der Waals surface area contributed by atoms with Crippen molar-refractivity contribution in [3.05, 3.63) is 89.0 Å². The van der Waals surface area contributed by atoms with E-state index in [1.54, 1.807) is 25.3 Å². The van der Waals surface area contributed by atoms with Crippen molar-refractivity contribution in [3.63, 3.8) is 0 Å². The molecule has 1 unspecified atom stereocenters. The first-order valence-corrected chi connectivity index (χ1v) is 12.0. The van der Waals surface area contributed by atoms with E-state index in [9.17, 15) is 14.7 Å². The number of ether oxygens (including phenoxy) is 3. The van der Waals surface area contributed by atoms with Crippen LogP contribution < -0.4 is 19.1 Å². The normalized spacial score (nSPS) is 18.1. The Bertz CT molecular complexity index is 1360. The molecule has 0 spiro atoms. The van der Waals surface area contributed by atoms with Gasteiger partial charge in [0.05, 0.1) is 18.7 Å². The Morgan fingerprint density at radius 2 is 1.65 bits per heavy atom. The van der Waals surface area contributed by atoms with Crippen LogP contribution in [0.15, 0.2) is 72.3 Å². The molecule has 1 amide bonds. The Kier molecular flexibility index (Phi) is 6.48. The summed E-state index contributed by atoms with van der Waals surface area (Å²) in [6, 6.07) is 19.1. The molecule has 2 heterocycles. The van der Waals surface area contributed by atoms with Crippen molar-refractivity contribution in [2.24, 2.45) is 0 Å².